The fourth-order valence-corrected chi connectivity index (χ4v) is 2.92. The van der Waals surface area contributed by atoms with E-state index in [-0.39, 0.29) is 40.2 Å². The normalized spacial score (nSPS) is 11.0. The predicted octanol–water partition coefficient (Wildman–Crippen LogP) is 0.926. The molecule has 0 amide bonds. The largest absolute Gasteiger partial charge is 1.00 e. The van der Waals surface area contributed by atoms with E-state index in [4.69, 9.17) is 4.74 Å². The van der Waals surface area contributed by atoms with Crippen molar-refractivity contribution in [1.82, 2.24) is 0 Å². The van der Waals surface area contributed by atoms with Gasteiger partial charge in [0.15, 0.2) is 0 Å². The third-order valence-corrected chi connectivity index (χ3v) is 4.53. The maximum Gasteiger partial charge on any atom is 1.00 e. The second-order valence-electron chi connectivity index (χ2n) is 5.63. The monoisotopic (exact) mass is 372 g/mol. The summed E-state index contributed by atoms with van der Waals surface area (Å²) >= 11 is 0. The van der Waals surface area contributed by atoms with Crippen LogP contribution in [0.3, 0.4) is 0 Å². The van der Waals surface area contributed by atoms with E-state index in [9.17, 15) is 18.1 Å². The van der Waals surface area contributed by atoms with E-state index in [1.165, 1.54) is 30.3 Å². The first-order valence-corrected chi connectivity index (χ1v) is 9.39. The average Bonchev–Trinajstić information content (AvgIpc) is 2.54. The standard InChI is InChI=1S/C18H22O5S.Na/c1-2-3-4-5-6-14-13-17(24(20,21)22)11-12-18(14)23-16-9-7-15(19)8-10-16;/h7-13,19H,2-6H2,1H3,(H,20,21,22);/q;+1/p-1. The number of ether oxygens (including phenoxy) is 1. The maximum absolute atomic E-state index is 11.3. The molecule has 25 heavy (non-hydrogen) atoms. The first kappa shape index (κ1) is 22.0. The number of aryl methyl sites for hydroxylation is 1. The summed E-state index contributed by atoms with van der Waals surface area (Å²) in [5.41, 5.74) is 0.715. The summed E-state index contributed by atoms with van der Waals surface area (Å²) in [5, 5.41) is 11.1. The quantitative estimate of drug-likeness (QED) is 0.423. The summed E-state index contributed by atoms with van der Waals surface area (Å²) < 4.78 is 37.7. The second-order valence-corrected chi connectivity index (χ2v) is 7.05. The summed E-state index contributed by atoms with van der Waals surface area (Å²) in [6, 6.07) is 10.2. The Balaban J connectivity index is 0.00000312. The zero-order valence-electron chi connectivity index (χ0n) is 14.6. The summed E-state index contributed by atoms with van der Waals surface area (Å²) in [6.45, 7) is 2.12. The number of unbranched alkanes of at least 4 members (excludes halogenated alkanes) is 3. The Morgan fingerprint density at radius 2 is 1.72 bits per heavy atom. The number of benzene rings is 2. The molecule has 0 aromatic heterocycles. The van der Waals surface area contributed by atoms with Gasteiger partial charge < -0.3 is 9.84 Å². The van der Waals surface area contributed by atoms with Crippen molar-refractivity contribution in [3.63, 3.8) is 0 Å². The van der Waals surface area contributed by atoms with Gasteiger partial charge >= 0.3 is 29.6 Å². The van der Waals surface area contributed by atoms with Gasteiger partial charge in [0.1, 0.15) is 11.5 Å². The zero-order valence-corrected chi connectivity index (χ0v) is 17.4. The third kappa shape index (κ3) is 6.99. The smallest absolute Gasteiger partial charge is 0.872 e. The van der Waals surface area contributed by atoms with Crippen LogP contribution in [0.4, 0.5) is 0 Å². The predicted molar refractivity (Wildman–Crippen MR) is 90.1 cm³/mol. The van der Waals surface area contributed by atoms with Gasteiger partial charge in [0.2, 0.25) is 0 Å². The molecule has 0 aliphatic rings. The minimum absolute atomic E-state index is 0. The van der Waals surface area contributed by atoms with Crippen molar-refractivity contribution in [3.05, 3.63) is 48.0 Å². The molecule has 0 saturated heterocycles. The summed E-state index contributed by atoms with van der Waals surface area (Å²) in [7, 11) is -4.25. The molecular formula is C18H21NaO5S. The van der Waals surface area contributed by atoms with Gasteiger partial charge in [-0.2, -0.15) is 8.42 Å². The van der Waals surface area contributed by atoms with Crippen LogP contribution in [0.25, 0.3) is 0 Å². The summed E-state index contributed by atoms with van der Waals surface area (Å²) in [4.78, 5) is -0.143. The van der Waals surface area contributed by atoms with Gasteiger partial charge in [0.25, 0.3) is 10.1 Å². The first-order chi connectivity index (χ1) is 11.4. The molecule has 0 spiro atoms. The Kier molecular flexibility index (Phi) is 8.96. The van der Waals surface area contributed by atoms with Gasteiger partial charge in [-0.1, -0.05) is 38.3 Å². The van der Waals surface area contributed by atoms with Crippen LogP contribution < -0.4 is 39.4 Å². The van der Waals surface area contributed by atoms with Gasteiger partial charge in [-0.25, -0.2) is 0 Å². The fraction of sp³-hybridized carbons (Fsp3) is 0.333. The van der Waals surface area contributed by atoms with Crippen LogP contribution in [0.1, 0.15) is 38.2 Å². The molecule has 0 atom stereocenters. The Labute approximate surface area is 171 Å². The fourth-order valence-electron chi connectivity index (χ4n) is 2.39. The summed E-state index contributed by atoms with van der Waals surface area (Å²) in [5.74, 6) is 0.922. The van der Waals surface area contributed by atoms with Crippen molar-refractivity contribution in [2.45, 2.75) is 43.9 Å². The van der Waals surface area contributed by atoms with Gasteiger partial charge in [-0.3, -0.25) is 4.55 Å². The molecule has 2 aromatic carbocycles. The second kappa shape index (κ2) is 10.2. The Hall–Kier alpha value is -1.05. The molecule has 0 aliphatic heterocycles. The van der Waals surface area contributed by atoms with Crippen molar-refractivity contribution >= 4 is 10.1 Å². The van der Waals surface area contributed by atoms with E-state index in [1.807, 2.05) is 0 Å². The van der Waals surface area contributed by atoms with E-state index < -0.39 is 10.1 Å². The number of hydrogen-bond acceptors (Lipinski definition) is 4. The van der Waals surface area contributed by atoms with Crippen LogP contribution in [-0.4, -0.2) is 13.0 Å². The molecule has 0 aliphatic carbocycles. The SMILES string of the molecule is CCCCCCc1cc(S(=O)(=O)O)ccc1Oc1ccc([O-])cc1.[Na+]. The molecular weight excluding hydrogens is 351 g/mol. The van der Waals surface area contributed by atoms with E-state index in [1.54, 1.807) is 12.1 Å². The molecule has 0 radical (unpaired) electrons. The van der Waals surface area contributed by atoms with Crippen LogP contribution in [0.2, 0.25) is 0 Å². The van der Waals surface area contributed by atoms with E-state index >= 15 is 0 Å². The van der Waals surface area contributed by atoms with Crippen molar-refractivity contribution in [2.24, 2.45) is 0 Å². The molecule has 2 aromatic rings. The van der Waals surface area contributed by atoms with Gasteiger partial charge in [0.05, 0.1) is 4.90 Å². The molecule has 0 bridgehead atoms. The van der Waals surface area contributed by atoms with Crippen molar-refractivity contribution in [2.75, 3.05) is 0 Å². The molecule has 5 nitrogen and oxygen atoms in total. The van der Waals surface area contributed by atoms with Gasteiger partial charge in [0, 0.05) is 0 Å². The molecule has 0 unspecified atom stereocenters. The Bertz CT molecular complexity index is 773. The molecule has 2 rings (SSSR count). The maximum atomic E-state index is 11.3. The Morgan fingerprint density at radius 3 is 2.32 bits per heavy atom. The molecule has 0 saturated carbocycles. The topological polar surface area (TPSA) is 86.7 Å². The van der Waals surface area contributed by atoms with E-state index in [0.29, 0.717) is 23.5 Å². The van der Waals surface area contributed by atoms with Crippen molar-refractivity contribution in [1.29, 1.82) is 0 Å². The zero-order chi connectivity index (χ0) is 17.6. The van der Waals surface area contributed by atoms with Gasteiger partial charge in [-0.15, -0.1) is 5.75 Å². The van der Waals surface area contributed by atoms with Crippen molar-refractivity contribution < 1.29 is 52.4 Å². The van der Waals surface area contributed by atoms with Crippen LogP contribution in [0, 0.1) is 0 Å². The molecule has 130 valence electrons. The molecule has 0 heterocycles. The van der Waals surface area contributed by atoms with Gasteiger partial charge in [-0.05, 0) is 48.7 Å². The molecule has 0 fully saturated rings. The van der Waals surface area contributed by atoms with Crippen molar-refractivity contribution in [3.8, 4) is 17.2 Å². The van der Waals surface area contributed by atoms with Crippen LogP contribution >= 0.6 is 0 Å². The van der Waals surface area contributed by atoms with E-state index in [0.717, 1.165) is 25.7 Å². The number of rotatable bonds is 8. The average molecular weight is 372 g/mol. The Morgan fingerprint density at radius 1 is 1.04 bits per heavy atom. The molecule has 1 N–H and O–H groups in total. The third-order valence-electron chi connectivity index (χ3n) is 3.68. The molecule has 7 heteroatoms. The van der Waals surface area contributed by atoms with Crippen LogP contribution in [-0.2, 0) is 16.5 Å². The van der Waals surface area contributed by atoms with Crippen LogP contribution in [0.15, 0.2) is 47.4 Å². The first-order valence-electron chi connectivity index (χ1n) is 7.95. The van der Waals surface area contributed by atoms with E-state index in [2.05, 4.69) is 6.92 Å². The number of hydrogen-bond donors (Lipinski definition) is 1. The van der Waals surface area contributed by atoms with Crippen LogP contribution in [0.5, 0.6) is 17.2 Å². The minimum atomic E-state index is -4.25. The minimum Gasteiger partial charge on any atom is -0.872 e. The summed E-state index contributed by atoms with van der Waals surface area (Å²) in [6.07, 6.45) is 4.81.